The van der Waals surface area contributed by atoms with Gasteiger partial charge in [-0.25, -0.2) is 4.68 Å². The second kappa shape index (κ2) is 7.70. The van der Waals surface area contributed by atoms with Crippen LogP contribution in [-0.2, 0) is 18.4 Å². The molecule has 1 amide bonds. The fourth-order valence-corrected chi connectivity index (χ4v) is 3.12. The zero-order valence-corrected chi connectivity index (χ0v) is 14.9. The minimum Gasteiger partial charge on any atom is -0.369 e. The van der Waals surface area contributed by atoms with E-state index in [0.717, 1.165) is 30.6 Å². The molecule has 132 valence electrons. The maximum absolute atomic E-state index is 12.5. The highest BCUT2D eigenvalue weighted by Crippen LogP contribution is 2.22. The first kappa shape index (κ1) is 17.5. The Kier molecular flexibility index (Phi) is 5.38. The number of piperidine rings is 1. The Hall–Kier alpha value is -2.34. The van der Waals surface area contributed by atoms with Crippen LogP contribution in [0.5, 0.6) is 0 Å². The van der Waals surface area contributed by atoms with Crippen LogP contribution in [0.2, 0.25) is 5.02 Å². The average molecular weight is 361 g/mol. The van der Waals surface area contributed by atoms with Crippen LogP contribution < -0.4 is 15.8 Å². The molecular formula is C18H21ClN4O2. The Balaban J connectivity index is 1.60. The molecule has 1 N–H and O–H groups in total. The largest absolute Gasteiger partial charge is 0.369 e. The van der Waals surface area contributed by atoms with Crippen LogP contribution in [0.1, 0.15) is 18.4 Å². The normalized spacial score (nSPS) is 17.4. The lowest BCUT2D eigenvalue weighted by Crippen LogP contribution is -2.43. The second-order valence-electron chi connectivity index (χ2n) is 6.31. The van der Waals surface area contributed by atoms with Crippen molar-refractivity contribution in [2.75, 3.05) is 18.0 Å². The highest BCUT2D eigenvalue weighted by molar-refractivity contribution is 6.30. The van der Waals surface area contributed by atoms with Gasteiger partial charge in [0, 0.05) is 37.8 Å². The predicted molar refractivity (Wildman–Crippen MR) is 97.7 cm³/mol. The van der Waals surface area contributed by atoms with E-state index in [0.29, 0.717) is 18.1 Å². The number of hydrogen-bond donors (Lipinski definition) is 1. The fraction of sp³-hybridized carbons (Fsp3) is 0.389. The van der Waals surface area contributed by atoms with E-state index in [1.54, 1.807) is 19.3 Å². The van der Waals surface area contributed by atoms with Gasteiger partial charge < -0.3 is 10.2 Å². The van der Waals surface area contributed by atoms with Crippen molar-refractivity contribution in [3.63, 3.8) is 0 Å². The van der Waals surface area contributed by atoms with Crippen molar-refractivity contribution in [3.8, 4) is 0 Å². The number of anilines is 1. The van der Waals surface area contributed by atoms with Gasteiger partial charge in [-0.2, -0.15) is 5.10 Å². The van der Waals surface area contributed by atoms with Gasteiger partial charge in [0.05, 0.1) is 17.8 Å². The predicted octanol–water partition coefficient (Wildman–Crippen LogP) is 1.97. The maximum atomic E-state index is 12.5. The van der Waals surface area contributed by atoms with Crippen LogP contribution in [0.25, 0.3) is 0 Å². The molecule has 0 radical (unpaired) electrons. The number of halogens is 1. The lowest BCUT2D eigenvalue weighted by atomic mass is 9.96. The number of benzene rings is 1. The third-order valence-corrected chi connectivity index (χ3v) is 4.74. The second-order valence-corrected chi connectivity index (χ2v) is 6.74. The Bertz CT molecular complexity index is 803. The number of carbonyl (C=O) groups is 1. The van der Waals surface area contributed by atoms with Crippen molar-refractivity contribution in [1.82, 2.24) is 15.1 Å². The molecule has 0 spiro atoms. The smallest absolute Gasteiger partial charge is 0.268 e. The SMILES string of the molecule is Cn1ncc(N2CCCC(C(=O)NCc3ccc(Cl)cc3)C2)cc1=O. The topological polar surface area (TPSA) is 67.2 Å². The van der Waals surface area contributed by atoms with E-state index in [4.69, 9.17) is 11.6 Å². The standard InChI is InChI=1S/C18H21ClN4O2/c1-22-17(24)9-16(11-21-22)23-8-2-3-14(12-23)18(25)20-10-13-4-6-15(19)7-5-13/h4-7,9,11,14H,2-3,8,10,12H2,1H3,(H,20,25). The molecule has 1 aliphatic heterocycles. The molecule has 1 aromatic carbocycles. The van der Waals surface area contributed by atoms with E-state index in [9.17, 15) is 9.59 Å². The number of amides is 1. The molecule has 7 heteroatoms. The minimum absolute atomic E-state index is 0.0384. The van der Waals surface area contributed by atoms with Crippen LogP contribution in [-0.4, -0.2) is 28.8 Å². The van der Waals surface area contributed by atoms with E-state index in [1.807, 2.05) is 24.3 Å². The molecule has 1 unspecified atom stereocenters. The lowest BCUT2D eigenvalue weighted by molar-refractivity contribution is -0.125. The first-order chi connectivity index (χ1) is 12.0. The monoisotopic (exact) mass is 360 g/mol. The number of rotatable bonds is 4. The molecule has 0 bridgehead atoms. The quantitative estimate of drug-likeness (QED) is 0.905. The third kappa shape index (κ3) is 4.39. The van der Waals surface area contributed by atoms with Gasteiger partial charge in [-0.3, -0.25) is 9.59 Å². The van der Waals surface area contributed by atoms with Crippen LogP contribution in [0.3, 0.4) is 0 Å². The molecule has 6 nitrogen and oxygen atoms in total. The Labute approximate surface area is 151 Å². The van der Waals surface area contributed by atoms with E-state index >= 15 is 0 Å². The molecule has 3 rings (SSSR count). The van der Waals surface area contributed by atoms with Crippen LogP contribution in [0.15, 0.2) is 41.3 Å². The van der Waals surface area contributed by atoms with Crippen molar-refractivity contribution in [2.45, 2.75) is 19.4 Å². The molecule has 25 heavy (non-hydrogen) atoms. The van der Waals surface area contributed by atoms with Gasteiger partial charge in [0.2, 0.25) is 5.91 Å². The van der Waals surface area contributed by atoms with Gasteiger partial charge in [0.15, 0.2) is 0 Å². The molecule has 1 aliphatic rings. The molecule has 0 aliphatic carbocycles. The van der Waals surface area contributed by atoms with Gasteiger partial charge in [0.25, 0.3) is 5.56 Å². The van der Waals surface area contributed by atoms with Crippen molar-refractivity contribution in [1.29, 1.82) is 0 Å². The lowest BCUT2D eigenvalue weighted by Gasteiger charge is -2.33. The van der Waals surface area contributed by atoms with Crippen molar-refractivity contribution >= 4 is 23.2 Å². The zero-order valence-electron chi connectivity index (χ0n) is 14.1. The van der Waals surface area contributed by atoms with E-state index in [-0.39, 0.29) is 17.4 Å². The number of nitrogens with one attached hydrogen (secondary N) is 1. The number of aryl methyl sites for hydroxylation is 1. The number of nitrogens with zero attached hydrogens (tertiary/aromatic N) is 3. The maximum Gasteiger partial charge on any atom is 0.268 e. The average Bonchev–Trinajstić information content (AvgIpc) is 2.63. The van der Waals surface area contributed by atoms with E-state index in [1.165, 1.54) is 4.68 Å². The summed E-state index contributed by atoms with van der Waals surface area (Å²) in [6, 6.07) is 9.01. The van der Waals surface area contributed by atoms with Crippen molar-refractivity contribution < 1.29 is 4.79 Å². The number of hydrogen-bond acceptors (Lipinski definition) is 4. The van der Waals surface area contributed by atoms with Gasteiger partial charge >= 0.3 is 0 Å². The molecule has 1 saturated heterocycles. The summed E-state index contributed by atoms with van der Waals surface area (Å²) in [6.45, 7) is 1.91. The van der Waals surface area contributed by atoms with Crippen molar-refractivity contribution in [2.24, 2.45) is 13.0 Å². The molecule has 1 fully saturated rings. The zero-order chi connectivity index (χ0) is 17.8. The molecule has 0 saturated carbocycles. The van der Waals surface area contributed by atoms with Gasteiger partial charge in [0.1, 0.15) is 0 Å². The summed E-state index contributed by atoms with van der Waals surface area (Å²) < 4.78 is 1.30. The summed E-state index contributed by atoms with van der Waals surface area (Å²) in [4.78, 5) is 26.3. The highest BCUT2D eigenvalue weighted by Gasteiger charge is 2.26. The Morgan fingerprint density at radius 3 is 2.84 bits per heavy atom. The minimum atomic E-state index is -0.146. The van der Waals surface area contributed by atoms with E-state index in [2.05, 4.69) is 15.3 Å². The summed E-state index contributed by atoms with van der Waals surface area (Å²) in [6.07, 6.45) is 3.44. The Morgan fingerprint density at radius 2 is 2.12 bits per heavy atom. The summed E-state index contributed by atoms with van der Waals surface area (Å²) >= 11 is 5.87. The summed E-state index contributed by atoms with van der Waals surface area (Å²) in [5.74, 6) is -0.0541. The molecule has 1 aromatic heterocycles. The molecular weight excluding hydrogens is 340 g/mol. The van der Waals surface area contributed by atoms with E-state index < -0.39 is 0 Å². The first-order valence-electron chi connectivity index (χ1n) is 8.33. The summed E-state index contributed by atoms with van der Waals surface area (Å²) in [5.41, 5.74) is 1.64. The van der Waals surface area contributed by atoms with Crippen LogP contribution in [0, 0.1) is 5.92 Å². The summed E-state index contributed by atoms with van der Waals surface area (Å²) in [7, 11) is 1.62. The fourth-order valence-electron chi connectivity index (χ4n) is 2.99. The van der Waals surface area contributed by atoms with Crippen LogP contribution in [0.4, 0.5) is 5.69 Å². The summed E-state index contributed by atoms with van der Waals surface area (Å²) in [5, 5.41) is 7.73. The third-order valence-electron chi connectivity index (χ3n) is 4.49. The molecule has 2 aromatic rings. The van der Waals surface area contributed by atoms with Crippen LogP contribution >= 0.6 is 11.6 Å². The van der Waals surface area contributed by atoms with Gasteiger partial charge in [-0.05, 0) is 30.5 Å². The highest BCUT2D eigenvalue weighted by atomic mass is 35.5. The molecule has 1 atom stereocenters. The number of carbonyl (C=O) groups excluding carboxylic acids is 1. The van der Waals surface area contributed by atoms with Gasteiger partial charge in [-0.1, -0.05) is 23.7 Å². The molecule has 2 heterocycles. The first-order valence-corrected chi connectivity index (χ1v) is 8.71. The Morgan fingerprint density at radius 1 is 1.36 bits per heavy atom. The van der Waals surface area contributed by atoms with Gasteiger partial charge in [-0.15, -0.1) is 0 Å². The van der Waals surface area contributed by atoms with Crippen molar-refractivity contribution in [3.05, 3.63) is 57.5 Å². The number of aromatic nitrogens is 2.